The number of rotatable bonds is 5. The molecule has 1 fully saturated rings. The largest absolute Gasteiger partial charge is 0.398 e. The van der Waals surface area contributed by atoms with Crippen molar-refractivity contribution < 1.29 is 4.79 Å². The Morgan fingerprint density at radius 2 is 2.17 bits per heavy atom. The van der Waals surface area contributed by atoms with E-state index in [0.29, 0.717) is 38.9 Å². The van der Waals surface area contributed by atoms with Gasteiger partial charge in [-0.1, -0.05) is 44.2 Å². The molecular weight excluding hydrogens is 324 g/mol. The highest BCUT2D eigenvalue weighted by molar-refractivity contribution is 7.19. The Bertz CT molecular complexity index is 800. The van der Waals surface area contributed by atoms with Gasteiger partial charge in [0.25, 0.3) is 5.91 Å². The molecule has 3 N–H and O–H groups in total. The summed E-state index contributed by atoms with van der Waals surface area (Å²) in [6.07, 6.45) is 1.11. The fraction of sp³-hybridized carbons (Fsp3) is 0.412. The Hall–Kier alpha value is -2.28. The van der Waals surface area contributed by atoms with E-state index in [9.17, 15) is 9.70 Å². The number of carbonyl (C=O) groups is 1. The summed E-state index contributed by atoms with van der Waals surface area (Å²) in [6.45, 7) is 6.02. The Balaban J connectivity index is 1.84. The van der Waals surface area contributed by atoms with Gasteiger partial charge < -0.3 is 5.73 Å². The fourth-order valence-corrected chi connectivity index (χ4v) is 3.74. The maximum atomic E-state index is 12.6. The number of hydrogen-bond acceptors (Lipinski definition) is 6. The van der Waals surface area contributed by atoms with Crippen molar-refractivity contribution in [3.05, 3.63) is 39.9 Å². The second-order valence-corrected chi connectivity index (χ2v) is 7.51. The maximum Gasteiger partial charge on any atom is 0.259 e. The van der Waals surface area contributed by atoms with Gasteiger partial charge in [-0.05, 0) is 41.0 Å². The normalized spacial score (nSPS) is 19.3. The number of para-hydroxylation sites is 1. The molecule has 3 rings (SSSR count). The van der Waals surface area contributed by atoms with Crippen LogP contribution in [0.4, 0.5) is 15.8 Å². The molecule has 1 heterocycles. The van der Waals surface area contributed by atoms with E-state index in [1.54, 1.807) is 6.07 Å². The molecule has 6 nitrogen and oxygen atoms in total. The van der Waals surface area contributed by atoms with Crippen LogP contribution in [-0.2, 0) is 0 Å². The number of amides is 1. The molecule has 7 heteroatoms. The number of nitrogen functional groups attached to an aromatic ring is 1. The van der Waals surface area contributed by atoms with Gasteiger partial charge in [0, 0.05) is 5.69 Å². The summed E-state index contributed by atoms with van der Waals surface area (Å²) in [5.41, 5.74) is 8.80. The number of nitrogens with two attached hydrogens (primary N) is 1. The van der Waals surface area contributed by atoms with Crippen LogP contribution in [-0.4, -0.2) is 10.9 Å². The molecule has 0 radical (unpaired) electrons. The van der Waals surface area contributed by atoms with E-state index >= 15 is 0 Å². The van der Waals surface area contributed by atoms with Crippen molar-refractivity contribution in [2.75, 3.05) is 11.1 Å². The van der Waals surface area contributed by atoms with Gasteiger partial charge in [0.1, 0.15) is 0 Å². The number of anilines is 2. The van der Waals surface area contributed by atoms with Crippen molar-refractivity contribution in [3.63, 3.8) is 0 Å². The van der Waals surface area contributed by atoms with Crippen LogP contribution >= 0.6 is 11.3 Å². The number of nitroso groups, excluding NO2 is 1. The number of carbonyl (C=O) groups excluding carboxylic acids is 1. The topological polar surface area (TPSA) is 97.4 Å². The van der Waals surface area contributed by atoms with E-state index < -0.39 is 0 Å². The number of nitrogens with one attached hydrogen (secondary N) is 1. The van der Waals surface area contributed by atoms with Crippen LogP contribution in [0.2, 0.25) is 0 Å². The fourth-order valence-electron chi connectivity index (χ4n) is 2.84. The molecule has 0 bridgehead atoms. The molecule has 126 valence electrons. The summed E-state index contributed by atoms with van der Waals surface area (Å²) >= 11 is 1.08. The highest BCUT2D eigenvalue weighted by Gasteiger charge is 2.36. The van der Waals surface area contributed by atoms with Crippen molar-refractivity contribution >= 4 is 33.1 Å². The van der Waals surface area contributed by atoms with Crippen LogP contribution in [0.15, 0.2) is 23.4 Å². The second-order valence-electron chi connectivity index (χ2n) is 6.54. The Kier molecular flexibility index (Phi) is 4.36. The molecular formula is C17H20N4O2S. The quantitative estimate of drug-likeness (QED) is 0.610. The third-order valence-corrected chi connectivity index (χ3v) is 5.24. The smallest absolute Gasteiger partial charge is 0.259 e. The van der Waals surface area contributed by atoms with Gasteiger partial charge in [-0.25, -0.2) is 4.98 Å². The van der Waals surface area contributed by atoms with Gasteiger partial charge in [-0.2, -0.15) is 0 Å². The van der Waals surface area contributed by atoms with E-state index in [-0.39, 0.29) is 11.8 Å². The van der Waals surface area contributed by atoms with Crippen molar-refractivity contribution in [1.82, 2.24) is 4.98 Å². The van der Waals surface area contributed by atoms with Crippen LogP contribution in [0, 0.1) is 10.8 Å². The first-order valence-corrected chi connectivity index (χ1v) is 8.77. The zero-order valence-corrected chi connectivity index (χ0v) is 14.7. The lowest BCUT2D eigenvalue weighted by atomic mass is 10.0. The zero-order chi connectivity index (χ0) is 17.4. The Morgan fingerprint density at radius 3 is 2.71 bits per heavy atom. The van der Waals surface area contributed by atoms with Gasteiger partial charge >= 0.3 is 0 Å². The van der Waals surface area contributed by atoms with Crippen molar-refractivity contribution in [2.24, 2.45) is 11.1 Å². The Morgan fingerprint density at radius 1 is 1.46 bits per heavy atom. The summed E-state index contributed by atoms with van der Waals surface area (Å²) in [7, 11) is 0. The van der Waals surface area contributed by atoms with Gasteiger partial charge in [0.15, 0.2) is 10.1 Å². The summed E-state index contributed by atoms with van der Waals surface area (Å²) in [6, 6.07) is 5.54. The first-order valence-electron chi connectivity index (χ1n) is 7.96. The van der Waals surface area contributed by atoms with Crippen LogP contribution in [0.3, 0.4) is 0 Å². The van der Waals surface area contributed by atoms with E-state index in [2.05, 4.69) is 22.4 Å². The number of aromatic nitrogens is 1. The van der Waals surface area contributed by atoms with Crippen molar-refractivity contribution in [3.8, 4) is 0 Å². The third-order valence-electron chi connectivity index (χ3n) is 4.38. The minimum atomic E-state index is -0.316. The van der Waals surface area contributed by atoms with E-state index in [4.69, 9.17) is 5.73 Å². The molecule has 0 aliphatic heterocycles. The van der Waals surface area contributed by atoms with Crippen LogP contribution in [0.25, 0.3) is 0 Å². The molecule has 1 aromatic carbocycles. The first-order chi connectivity index (χ1) is 11.4. The monoisotopic (exact) mass is 344 g/mol. The van der Waals surface area contributed by atoms with Gasteiger partial charge in [0.05, 0.1) is 11.3 Å². The highest BCUT2D eigenvalue weighted by Crippen LogP contribution is 2.49. The molecule has 1 aliphatic rings. The van der Waals surface area contributed by atoms with Gasteiger partial charge in [-0.15, -0.1) is 4.91 Å². The predicted molar refractivity (Wildman–Crippen MR) is 97.0 cm³/mol. The molecule has 1 unspecified atom stereocenters. The standard InChI is InChI=1S/C17H20N4O2S/c1-8(2)14-16(21-23)24-17(19-14)20-15(22)11-6-4-5-10(13(11)18)12-7-9(12)3/h4-6,8-9,12H,7,18H2,1-3H3,(H,19,20,22)/t9?,12-/m0/s1. The summed E-state index contributed by atoms with van der Waals surface area (Å²) in [5, 5.41) is 6.39. The van der Waals surface area contributed by atoms with Crippen LogP contribution < -0.4 is 11.1 Å². The molecule has 0 spiro atoms. The summed E-state index contributed by atoms with van der Waals surface area (Å²) in [5.74, 6) is 0.795. The maximum absolute atomic E-state index is 12.6. The van der Waals surface area contributed by atoms with Crippen molar-refractivity contribution in [1.29, 1.82) is 0 Å². The molecule has 0 saturated heterocycles. The van der Waals surface area contributed by atoms with Crippen molar-refractivity contribution in [2.45, 2.75) is 39.0 Å². The van der Waals surface area contributed by atoms with E-state index in [1.165, 1.54) is 0 Å². The predicted octanol–water partition coefficient (Wildman–Crippen LogP) is 4.62. The molecule has 1 amide bonds. The lowest BCUT2D eigenvalue weighted by molar-refractivity contribution is 0.102. The number of nitrogens with zero attached hydrogens (tertiary/aromatic N) is 2. The minimum absolute atomic E-state index is 0.0596. The number of thiazole rings is 1. The molecule has 2 aromatic rings. The van der Waals surface area contributed by atoms with E-state index in [1.807, 2.05) is 26.0 Å². The second kappa shape index (κ2) is 6.32. The SMILES string of the molecule is CC(C)c1nc(NC(=O)c2cccc([C@H]3CC3C)c2N)sc1N=O. The Labute approximate surface area is 144 Å². The minimum Gasteiger partial charge on any atom is -0.398 e. The highest BCUT2D eigenvalue weighted by atomic mass is 32.1. The first kappa shape index (κ1) is 16.6. The third kappa shape index (κ3) is 3.03. The van der Waals surface area contributed by atoms with Crippen LogP contribution in [0.5, 0.6) is 0 Å². The number of benzene rings is 1. The van der Waals surface area contributed by atoms with Gasteiger partial charge in [-0.3, -0.25) is 10.1 Å². The number of hydrogen-bond donors (Lipinski definition) is 2. The molecule has 1 aromatic heterocycles. The van der Waals surface area contributed by atoms with Crippen LogP contribution in [0.1, 0.15) is 60.6 Å². The van der Waals surface area contributed by atoms with E-state index in [0.717, 1.165) is 23.3 Å². The summed E-state index contributed by atoms with van der Waals surface area (Å²) in [4.78, 5) is 27.8. The molecule has 2 atom stereocenters. The molecule has 1 aliphatic carbocycles. The lowest BCUT2D eigenvalue weighted by Gasteiger charge is -2.10. The molecule has 24 heavy (non-hydrogen) atoms. The average Bonchev–Trinajstić information content (AvgIpc) is 3.11. The molecule has 1 saturated carbocycles. The lowest BCUT2D eigenvalue weighted by Crippen LogP contribution is -2.15. The van der Waals surface area contributed by atoms with Gasteiger partial charge in [0.2, 0.25) is 0 Å². The zero-order valence-electron chi connectivity index (χ0n) is 13.9. The average molecular weight is 344 g/mol. The summed E-state index contributed by atoms with van der Waals surface area (Å²) < 4.78 is 0.